The first-order chi connectivity index (χ1) is 9.95. The molecule has 1 aliphatic carbocycles. The fourth-order valence-electron chi connectivity index (χ4n) is 2.99. The van der Waals surface area contributed by atoms with Crippen LogP contribution in [0.1, 0.15) is 53.9 Å². The van der Waals surface area contributed by atoms with Gasteiger partial charge in [-0.15, -0.1) is 0 Å². The second-order valence-corrected chi connectivity index (χ2v) is 6.27. The van der Waals surface area contributed by atoms with E-state index in [-0.39, 0.29) is 6.61 Å². The molecule has 0 saturated carbocycles. The van der Waals surface area contributed by atoms with Crippen molar-refractivity contribution in [3.63, 3.8) is 0 Å². The fourth-order valence-corrected chi connectivity index (χ4v) is 2.99. The molecule has 1 nitrogen and oxygen atoms in total. The van der Waals surface area contributed by atoms with Gasteiger partial charge < -0.3 is 5.11 Å². The summed E-state index contributed by atoms with van der Waals surface area (Å²) in [4.78, 5) is 0. The zero-order valence-electron chi connectivity index (χ0n) is 14.2. The van der Waals surface area contributed by atoms with Gasteiger partial charge in [0.15, 0.2) is 0 Å². The van der Waals surface area contributed by atoms with Gasteiger partial charge in [0.2, 0.25) is 0 Å². The largest absolute Gasteiger partial charge is 0.392 e. The van der Waals surface area contributed by atoms with Crippen molar-refractivity contribution in [2.24, 2.45) is 5.92 Å². The molecule has 1 rings (SSSR count). The molecule has 1 N–H and O–H groups in total. The highest BCUT2D eigenvalue weighted by molar-refractivity contribution is 5.43. The van der Waals surface area contributed by atoms with Gasteiger partial charge >= 0.3 is 0 Å². The highest BCUT2D eigenvalue weighted by Crippen LogP contribution is 2.34. The van der Waals surface area contributed by atoms with Crippen LogP contribution in [0, 0.1) is 5.92 Å². The molecular weight excluding hydrogens is 256 g/mol. The average molecular weight is 286 g/mol. The molecule has 0 aromatic rings. The maximum absolute atomic E-state index is 8.83. The molecule has 0 atom stereocenters. The average Bonchev–Trinajstić information content (AvgIpc) is 2.38. The lowest BCUT2D eigenvalue weighted by molar-refractivity contribution is 0.342. The molecule has 0 bridgehead atoms. The van der Waals surface area contributed by atoms with Crippen molar-refractivity contribution in [1.29, 1.82) is 0 Å². The highest BCUT2D eigenvalue weighted by atomic mass is 16.2. The monoisotopic (exact) mass is 286 g/mol. The molecular formula is C20H30O. The molecule has 116 valence electrons. The standard InChI is InChI=1S/C20H30O/c1-15(2)20-18(5)10-7-11-19(20)14-17(4)9-6-8-16(3)12-13-21/h6,8-9,12,14-15,21H,7,10-11,13H2,1-5H3/b8-6+,16-12+,17-9+,19-14+. The molecule has 0 unspecified atom stereocenters. The van der Waals surface area contributed by atoms with Crippen LogP contribution >= 0.6 is 0 Å². The van der Waals surface area contributed by atoms with Crippen LogP contribution in [0.3, 0.4) is 0 Å². The van der Waals surface area contributed by atoms with E-state index in [1.807, 2.05) is 19.1 Å². The predicted octanol–water partition coefficient (Wildman–Crippen LogP) is 5.51. The Morgan fingerprint density at radius 3 is 2.52 bits per heavy atom. The molecule has 0 fully saturated rings. The summed E-state index contributed by atoms with van der Waals surface area (Å²) < 4.78 is 0. The predicted molar refractivity (Wildman–Crippen MR) is 93.2 cm³/mol. The topological polar surface area (TPSA) is 20.2 Å². The summed E-state index contributed by atoms with van der Waals surface area (Å²) >= 11 is 0. The Hall–Kier alpha value is -1.34. The van der Waals surface area contributed by atoms with E-state index >= 15 is 0 Å². The smallest absolute Gasteiger partial charge is 0.0617 e. The van der Waals surface area contributed by atoms with E-state index in [2.05, 4.69) is 45.9 Å². The Bertz CT molecular complexity index is 496. The second kappa shape index (κ2) is 8.84. The summed E-state index contributed by atoms with van der Waals surface area (Å²) in [7, 11) is 0. The summed E-state index contributed by atoms with van der Waals surface area (Å²) in [5.74, 6) is 0.606. The lowest BCUT2D eigenvalue weighted by Gasteiger charge is -2.24. The Morgan fingerprint density at radius 2 is 1.90 bits per heavy atom. The fraction of sp³-hybridized carbons (Fsp3) is 0.500. The van der Waals surface area contributed by atoms with E-state index in [0.29, 0.717) is 5.92 Å². The van der Waals surface area contributed by atoms with Crippen molar-refractivity contribution in [3.8, 4) is 0 Å². The van der Waals surface area contributed by atoms with Crippen LogP contribution in [0.25, 0.3) is 0 Å². The van der Waals surface area contributed by atoms with Crippen LogP contribution in [0.4, 0.5) is 0 Å². The number of hydrogen-bond donors (Lipinski definition) is 1. The van der Waals surface area contributed by atoms with Crippen LogP contribution in [0.15, 0.2) is 58.2 Å². The van der Waals surface area contributed by atoms with Crippen LogP contribution < -0.4 is 0 Å². The Labute approximate surface area is 130 Å². The van der Waals surface area contributed by atoms with E-state index in [1.165, 1.54) is 30.4 Å². The van der Waals surface area contributed by atoms with Crippen LogP contribution in [0.2, 0.25) is 0 Å². The molecule has 0 aromatic heterocycles. The van der Waals surface area contributed by atoms with Crippen molar-refractivity contribution in [1.82, 2.24) is 0 Å². The number of aliphatic hydroxyl groups is 1. The van der Waals surface area contributed by atoms with Crippen molar-refractivity contribution in [2.45, 2.75) is 53.9 Å². The van der Waals surface area contributed by atoms with Gasteiger partial charge in [-0.25, -0.2) is 0 Å². The van der Waals surface area contributed by atoms with Gasteiger partial charge in [-0.05, 0) is 57.1 Å². The molecule has 1 heteroatoms. The third kappa shape index (κ3) is 5.89. The van der Waals surface area contributed by atoms with Gasteiger partial charge in [0, 0.05) is 0 Å². The first-order valence-electron chi connectivity index (χ1n) is 7.99. The van der Waals surface area contributed by atoms with Crippen molar-refractivity contribution < 1.29 is 5.11 Å². The minimum absolute atomic E-state index is 0.102. The molecule has 0 aliphatic heterocycles. The number of allylic oxidation sites excluding steroid dienone is 9. The number of aliphatic hydroxyl groups excluding tert-OH is 1. The van der Waals surface area contributed by atoms with Gasteiger partial charge in [-0.3, -0.25) is 0 Å². The molecule has 0 saturated heterocycles. The first kappa shape index (κ1) is 17.7. The van der Waals surface area contributed by atoms with Crippen molar-refractivity contribution >= 4 is 0 Å². The number of rotatable bonds is 5. The van der Waals surface area contributed by atoms with E-state index in [4.69, 9.17) is 5.11 Å². The normalized spacial score (nSPS) is 20.2. The molecule has 0 heterocycles. The first-order valence-corrected chi connectivity index (χ1v) is 7.99. The molecule has 0 radical (unpaired) electrons. The Kier molecular flexibility index (Phi) is 7.45. The summed E-state index contributed by atoms with van der Waals surface area (Å²) in [5, 5.41) is 8.83. The molecule has 0 aromatic carbocycles. The van der Waals surface area contributed by atoms with Crippen molar-refractivity contribution in [3.05, 3.63) is 58.2 Å². The lowest BCUT2D eigenvalue weighted by atomic mass is 9.81. The van der Waals surface area contributed by atoms with E-state index in [1.54, 1.807) is 11.1 Å². The van der Waals surface area contributed by atoms with Gasteiger partial charge in [-0.1, -0.05) is 60.9 Å². The third-order valence-corrected chi connectivity index (χ3v) is 3.91. The van der Waals surface area contributed by atoms with Gasteiger partial charge in [-0.2, -0.15) is 0 Å². The third-order valence-electron chi connectivity index (χ3n) is 3.91. The minimum Gasteiger partial charge on any atom is -0.392 e. The van der Waals surface area contributed by atoms with Gasteiger partial charge in [0.05, 0.1) is 6.61 Å². The van der Waals surface area contributed by atoms with E-state index < -0.39 is 0 Å². The van der Waals surface area contributed by atoms with Crippen LogP contribution in [-0.4, -0.2) is 11.7 Å². The summed E-state index contributed by atoms with van der Waals surface area (Å²) in [6.07, 6.45) is 14.1. The van der Waals surface area contributed by atoms with Crippen molar-refractivity contribution in [2.75, 3.05) is 6.61 Å². The van der Waals surface area contributed by atoms with Crippen LogP contribution in [-0.2, 0) is 0 Å². The minimum atomic E-state index is 0.102. The number of hydrogen-bond acceptors (Lipinski definition) is 1. The molecule has 21 heavy (non-hydrogen) atoms. The van der Waals surface area contributed by atoms with Gasteiger partial charge in [0.25, 0.3) is 0 Å². The van der Waals surface area contributed by atoms with Crippen LogP contribution in [0.5, 0.6) is 0 Å². The Balaban J connectivity index is 2.90. The zero-order chi connectivity index (χ0) is 15.8. The molecule has 0 amide bonds. The molecule has 1 aliphatic rings. The van der Waals surface area contributed by atoms with E-state index in [9.17, 15) is 0 Å². The van der Waals surface area contributed by atoms with Gasteiger partial charge in [0.1, 0.15) is 0 Å². The Morgan fingerprint density at radius 1 is 1.19 bits per heavy atom. The molecule has 0 spiro atoms. The zero-order valence-corrected chi connectivity index (χ0v) is 14.2. The summed E-state index contributed by atoms with van der Waals surface area (Å²) in [6.45, 7) is 11.1. The quantitative estimate of drug-likeness (QED) is 0.661. The second-order valence-electron chi connectivity index (χ2n) is 6.27. The maximum atomic E-state index is 8.83. The summed E-state index contributed by atoms with van der Waals surface area (Å²) in [5.41, 5.74) is 7.01. The SMILES string of the molecule is CC1=C(C(C)C)/C(=C/C(C)=C/C=C/C(C)=C/CO)CCC1. The maximum Gasteiger partial charge on any atom is 0.0617 e. The lowest BCUT2D eigenvalue weighted by Crippen LogP contribution is -2.07. The van der Waals surface area contributed by atoms with E-state index in [0.717, 1.165) is 5.57 Å². The summed E-state index contributed by atoms with van der Waals surface area (Å²) in [6, 6.07) is 0. The highest BCUT2D eigenvalue weighted by Gasteiger charge is 2.17.